The number of pyridine rings is 1. The number of carboxylic acid groups (broad SMARTS) is 1. The van der Waals surface area contributed by atoms with Crippen molar-refractivity contribution >= 4 is 5.97 Å². The maximum absolute atomic E-state index is 11.8. The summed E-state index contributed by atoms with van der Waals surface area (Å²) in [5.41, 5.74) is -1.69. The second kappa shape index (κ2) is 7.53. The van der Waals surface area contributed by atoms with Crippen molar-refractivity contribution < 1.29 is 41.8 Å². The van der Waals surface area contributed by atoms with Crippen molar-refractivity contribution in [2.24, 2.45) is 0 Å². The SMILES string of the molecule is CC(C)(O)C(=O)[O-].Fc1cccnc1.[Ag+]. The number of carbonyl (C=O) groups excluding carboxylic acids is 1. The molecule has 0 fully saturated rings. The van der Waals surface area contributed by atoms with Gasteiger partial charge in [0.2, 0.25) is 0 Å². The van der Waals surface area contributed by atoms with Gasteiger partial charge in [0.15, 0.2) is 0 Å². The first kappa shape index (κ1) is 16.7. The van der Waals surface area contributed by atoms with Gasteiger partial charge in [0, 0.05) is 6.20 Å². The quantitative estimate of drug-likeness (QED) is 0.725. The third-order valence-electron chi connectivity index (χ3n) is 1.12. The average molecular weight is 308 g/mol. The van der Waals surface area contributed by atoms with Crippen molar-refractivity contribution in [1.29, 1.82) is 0 Å². The molecule has 1 aromatic heterocycles. The first-order valence-corrected chi connectivity index (χ1v) is 3.83. The second-order valence-electron chi connectivity index (χ2n) is 3.02. The van der Waals surface area contributed by atoms with Gasteiger partial charge in [-0.1, -0.05) is 0 Å². The number of aromatic nitrogens is 1. The van der Waals surface area contributed by atoms with Crippen molar-refractivity contribution in [1.82, 2.24) is 4.98 Å². The molecular weight excluding hydrogens is 297 g/mol. The van der Waals surface area contributed by atoms with Gasteiger partial charge in [-0.15, -0.1) is 0 Å². The Morgan fingerprint density at radius 2 is 2.07 bits per heavy atom. The summed E-state index contributed by atoms with van der Waals surface area (Å²) in [6.45, 7) is 2.31. The molecule has 1 heterocycles. The van der Waals surface area contributed by atoms with E-state index in [9.17, 15) is 14.3 Å². The molecule has 1 aromatic rings. The molecular formula is C9H11AgFNO3. The molecule has 0 unspecified atom stereocenters. The van der Waals surface area contributed by atoms with Crippen LogP contribution in [0.5, 0.6) is 0 Å². The molecule has 0 aromatic carbocycles. The van der Waals surface area contributed by atoms with E-state index in [-0.39, 0.29) is 28.2 Å². The molecule has 0 saturated carbocycles. The van der Waals surface area contributed by atoms with Crippen LogP contribution in [0, 0.1) is 5.82 Å². The second-order valence-corrected chi connectivity index (χ2v) is 3.02. The van der Waals surface area contributed by atoms with Crippen LogP contribution in [-0.2, 0) is 27.2 Å². The van der Waals surface area contributed by atoms with Crippen LogP contribution in [0.2, 0.25) is 0 Å². The van der Waals surface area contributed by atoms with Crippen molar-refractivity contribution in [3.63, 3.8) is 0 Å². The number of hydrogen-bond acceptors (Lipinski definition) is 4. The van der Waals surface area contributed by atoms with Crippen LogP contribution in [0.4, 0.5) is 4.39 Å². The number of carboxylic acids is 1. The van der Waals surface area contributed by atoms with Crippen molar-refractivity contribution in [3.8, 4) is 0 Å². The maximum Gasteiger partial charge on any atom is 1.00 e. The summed E-state index contributed by atoms with van der Waals surface area (Å²) in [7, 11) is 0. The standard InChI is InChI=1S/C5H4FN.C4H8O3.Ag/c6-5-2-1-3-7-4-5;1-4(2,7)3(5)6;/h1-4H;7H,1-2H3,(H,5,6);/q;;+1/p-1. The third kappa shape index (κ3) is 9.55. The third-order valence-corrected chi connectivity index (χ3v) is 1.12. The van der Waals surface area contributed by atoms with E-state index < -0.39 is 11.6 Å². The van der Waals surface area contributed by atoms with E-state index in [0.717, 1.165) is 13.8 Å². The normalized spacial score (nSPS) is 9.33. The summed E-state index contributed by atoms with van der Waals surface area (Å²) in [4.78, 5) is 13.2. The van der Waals surface area contributed by atoms with E-state index in [4.69, 9.17) is 5.11 Å². The number of aliphatic hydroxyl groups is 1. The topological polar surface area (TPSA) is 73.2 Å². The summed E-state index contributed by atoms with van der Waals surface area (Å²) in [5, 5.41) is 18.1. The number of carbonyl (C=O) groups is 1. The number of hydrogen-bond donors (Lipinski definition) is 1. The maximum atomic E-state index is 11.8. The number of rotatable bonds is 1. The van der Waals surface area contributed by atoms with E-state index in [1.54, 1.807) is 6.07 Å². The van der Waals surface area contributed by atoms with Gasteiger partial charge < -0.3 is 15.0 Å². The van der Waals surface area contributed by atoms with E-state index in [0.29, 0.717) is 0 Å². The van der Waals surface area contributed by atoms with Crippen LogP contribution in [0.1, 0.15) is 13.8 Å². The molecule has 0 aliphatic rings. The molecule has 0 saturated heterocycles. The van der Waals surface area contributed by atoms with Gasteiger partial charge in [0.25, 0.3) is 0 Å². The summed E-state index contributed by atoms with van der Waals surface area (Å²) in [5.74, 6) is -1.74. The minimum absolute atomic E-state index is 0. The van der Waals surface area contributed by atoms with Crippen LogP contribution in [0.3, 0.4) is 0 Å². The van der Waals surface area contributed by atoms with Crippen LogP contribution < -0.4 is 5.11 Å². The van der Waals surface area contributed by atoms with Crippen LogP contribution >= 0.6 is 0 Å². The van der Waals surface area contributed by atoms with Crippen LogP contribution in [-0.4, -0.2) is 21.7 Å². The monoisotopic (exact) mass is 307 g/mol. The fraction of sp³-hybridized carbons (Fsp3) is 0.333. The molecule has 0 spiro atoms. The Hall–Kier alpha value is -0.750. The smallest absolute Gasteiger partial charge is 0.547 e. The Balaban J connectivity index is 0. The molecule has 1 N–H and O–H groups in total. The molecule has 4 nitrogen and oxygen atoms in total. The fourth-order valence-corrected chi connectivity index (χ4v) is 0.342. The summed E-state index contributed by atoms with van der Waals surface area (Å²) in [6, 6.07) is 2.91. The van der Waals surface area contributed by atoms with Gasteiger partial charge in [0.05, 0.1) is 17.8 Å². The van der Waals surface area contributed by atoms with Gasteiger partial charge in [-0.05, 0) is 26.0 Å². The van der Waals surface area contributed by atoms with Crippen LogP contribution in [0.15, 0.2) is 24.5 Å². The molecule has 0 aliphatic heterocycles. The fourth-order valence-electron chi connectivity index (χ4n) is 0.342. The molecule has 88 valence electrons. The first-order valence-electron chi connectivity index (χ1n) is 3.83. The number of aliphatic carboxylic acids is 1. The van der Waals surface area contributed by atoms with Crippen LogP contribution in [0.25, 0.3) is 0 Å². The zero-order chi connectivity index (χ0) is 11.2. The largest absolute Gasteiger partial charge is 1.00 e. The average Bonchev–Trinajstić information content (AvgIpc) is 2.04. The summed E-state index contributed by atoms with van der Waals surface area (Å²) >= 11 is 0. The Morgan fingerprint density at radius 3 is 2.20 bits per heavy atom. The van der Waals surface area contributed by atoms with E-state index in [2.05, 4.69) is 4.98 Å². The van der Waals surface area contributed by atoms with E-state index >= 15 is 0 Å². The molecule has 1 rings (SSSR count). The van der Waals surface area contributed by atoms with E-state index in [1.165, 1.54) is 18.5 Å². The van der Waals surface area contributed by atoms with Gasteiger partial charge in [-0.2, -0.15) is 0 Å². The Morgan fingerprint density at radius 1 is 1.60 bits per heavy atom. The zero-order valence-electron chi connectivity index (χ0n) is 8.20. The van der Waals surface area contributed by atoms with Gasteiger partial charge in [-0.25, -0.2) is 4.39 Å². The Bertz CT molecular complexity index is 287. The molecule has 0 aliphatic carbocycles. The molecule has 0 atom stereocenters. The molecule has 0 radical (unpaired) electrons. The number of halogens is 1. The van der Waals surface area contributed by atoms with Gasteiger partial charge in [-0.3, -0.25) is 4.98 Å². The van der Waals surface area contributed by atoms with E-state index in [1.807, 2.05) is 0 Å². The predicted molar refractivity (Wildman–Crippen MR) is 45.5 cm³/mol. The Labute approximate surface area is 103 Å². The number of nitrogens with zero attached hydrogens (tertiary/aromatic N) is 1. The summed E-state index contributed by atoms with van der Waals surface area (Å²) in [6.07, 6.45) is 2.70. The van der Waals surface area contributed by atoms with Crippen molar-refractivity contribution in [3.05, 3.63) is 30.3 Å². The first-order chi connectivity index (χ1) is 6.34. The molecule has 0 amide bonds. The summed E-state index contributed by atoms with van der Waals surface area (Å²) < 4.78 is 11.8. The molecule has 15 heavy (non-hydrogen) atoms. The van der Waals surface area contributed by atoms with Crippen molar-refractivity contribution in [2.45, 2.75) is 19.4 Å². The predicted octanol–water partition coefficient (Wildman–Crippen LogP) is -0.275. The van der Waals surface area contributed by atoms with Crippen molar-refractivity contribution in [2.75, 3.05) is 0 Å². The van der Waals surface area contributed by atoms with Gasteiger partial charge >= 0.3 is 22.4 Å². The minimum atomic E-state index is -1.69. The Kier molecular flexibility index (Phi) is 8.37. The molecule has 0 bridgehead atoms. The minimum Gasteiger partial charge on any atom is -0.547 e. The zero-order valence-corrected chi connectivity index (χ0v) is 9.68. The molecule has 6 heteroatoms. The van der Waals surface area contributed by atoms with Gasteiger partial charge in [0.1, 0.15) is 5.82 Å².